The van der Waals surface area contributed by atoms with Gasteiger partial charge in [0, 0.05) is 32.7 Å². The van der Waals surface area contributed by atoms with Crippen LogP contribution < -0.4 is 0 Å². The minimum absolute atomic E-state index is 0.0781. The summed E-state index contributed by atoms with van der Waals surface area (Å²) in [5, 5.41) is 0.953. The molecule has 3 aromatic rings. The summed E-state index contributed by atoms with van der Waals surface area (Å²) < 4.78 is 0.973. The van der Waals surface area contributed by atoms with Gasteiger partial charge in [0.2, 0.25) is 0 Å². The second-order valence-electron chi connectivity index (χ2n) is 5.50. The topological polar surface area (TPSA) is 32.9 Å². The molecule has 0 spiro atoms. The van der Waals surface area contributed by atoms with Gasteiger partial charge in [-0.05, 0) is 50.1 Å². The van der Waals surface area contributed by atoms with Crippen LogP contribution in [0.2, 0.25) is 0 Å². The number of hydrogen-bond acceptors (Lipinski definition) is 1. The fourth-order valence-electron chi connectivity index (χ4n) is 2.95. The van der Waals surface area contributed by atoms with E-state index < -0.39 is 0 Å². The normalized spacial score (nSPS) is 11.0. The number of fused-ring (bicyclic) bond motifs is 1. The summed E-state index contributed by atoms with van der Waals surface area (Å²) in [7, 11) is 0. The van der Waals surface area contributed by atoms with E-state index in [0.29, 0.717) is 0 Å². The molecule has 0 aliphatic heterocycles. The molecule has 21 heavy (non-hydrogen) atoms. The van der Waals surface area contributed by atoms with E-state index in [2.05, 4.69) is 40.0 Å². The van der Waals surface area contributed by atoms with Gasteiger partial charge in [-0.1, -0.05) is 33.6 Å². The van der Waals surface area contributed by atoms with E-state index in [0.717, 1.165) is 37.6 Å². The first-order valence-corrected chi connectivity index (χ1v) is 7.66. The maximum Gasteiger partial charge on any atom is 0.195 e. The lowest BCUT2D eigenvalue weighted by molar-refractivity contribution is 0.103. The monoisotopic (exact) mass is 341 g/mol. The zero-order valence-corrected chi connectivity index (χ0v) is 13.8. The lowest BCUT2D eigenvalue weighted by atomic mass is 9.93. The van der Waals surface area contributed by atoms with Gasteiger partial charge in [0.05, 0.1) is 0 Å². The first-order chi connectivity index (χ1) is 9.97. The molecular formula is C18H16BrNO. The van der Waals surface area contributed by atoms with Crippen molar-refractivity contribution >= 4 is 32.6 Å². The summed E-state index contributed by atoms with van der Waals surface area (Å²) in [5.41, 5.74) is 5.75. The molecule has 2 nitrogen and oxygen atoms in total. The number of ketones is 1. The number of aromatic nitrogens is 1. The Morgan fingerprint density at radius 2 is 1.71 bits per heavy atom. The highest BCUT2D eigenvalue weighted by atomic mass is 79.9. The van der Waals surface area contributed by atoms with Gasteiger partial charge in [0.15, 0.2) is 5.78 Å². The second-order valence-corrected chi connectivity index (χ2v) is 6.41. The molecule has 1 heterocycles. The van der Waals surface area contributed by atoms with E-state index in [4.69, 9.17) is 0 Å². The van der Waals surface area contributed by atoms with Crippen LogP contribution >= 0.6 is 15.9 Å². The molecule has 0 saturated heterocycles. The minimum Gasteiger partial charge on any atom is -0.360 e. The largest absolute Gasteiger partial charge is 0.360 e. The van der Waals surface area contributed by atoms with Crippen LogP contribution in [0, 0.1) is 20.8 Å². The number of carbonyl (C=O) groups excluding carboxylic acids is 1. The standard InChI is InChI=1S/C18H16BrNO/c1-10-6-11(2)17(12(3)7-10)18(21)15-9-20-16-5-4-13(19)8-14(15)16/h4-9,20H,1-3H3. The fourth-order valence-corrected chi connectivity index (χ4v) is 3.31. The van der Waals surface area contributed by atoms with Gasteiger partial charge in [0.25, 0.3) is 0 Å². The molecule has 0 radical (unpaired) electrons. The van der Waals surface area contributed by atoms with Crippen molar-refractivity contribution < 1.29 is 4.79 Å². The van der Waals surface area contributed by atoms with Crippen molar-refractivity contribution in [1.82, 2.24) is 4.98 Å². The molecule has 106 valence electrons. The van der Waals surface area contributed by atoms with Gasteiger partial charge in [-0.3, -0.25) is 4.79 Å². The molecule has 0 unspecified atom stereocenters. The molecule has 1 aromatic heterocycles. The van der Waals surface area contributed by atoms with E-state index >= 15 is 0 Å². The third kappa shape index (κ3) is 2.42. The fraction of sp³-hybridized carbons (Fsp3) is 0.167. The van der Waals surface area contributed by atoms with Crippen molar-refractivity contribution in [3.8, 4) is 0 Å². The SMILES string of the molecule is Cc1cc(C)c(C(=O)c2c[nH]c3ccc(Br)cc23)c(C)c1. The Bertz CT molecular complexity index is 838. The molecule has 0 atom stereocenters. The van der Waals surface area contributed by atoms with E-state index in [1.807, 2.05) is 32.0 Å². The summed E-state index contributed by atoms with van der Waals surface area (Å²) in [4.78, 5) is 16.1. The zero-order chi connectivity index (χ0) is 15.1. The zero-order valence-electron chi connectivity index (χ0n) is 12.3. The molecule has 2 aromatic carbocycles. The molecule has 0 bridgehead atoms. The number of halogens is 1. The highest BCUT2D eigenvalue weighted by molar-refractivity contribution is 9.10. The number of rotatable bonds is 2. The van der Waals surface area contributed by atoms with Crippen molar-refractivity contribution in [1.29, 1.82) is 0 Å². The van der Waals surface area contributed by atoms with Crippen LogP contribution in [0.15, 0.2) is 41.0 Å². The maximum atomic E-state index is 13.0. The summed E-state index contributed by atoms with van der Waals surface area (Å²) in [6, 6.07) is 10.1. The van der Waals surface area contributed by atoms with E-state index in [-0.39, 0.29) is 5.78 Å². The minimum atomic E-state index is 0.0781. The summed E-state index contributed by atoms with van der Waals surface area (Å²) in [6.07, 6.45) is 1.80. The van der Waals surface area contributed by atoms with Crippen molar-refractivity contribution in [3.05, 3.63) is 68.8 Å². The number of carbonyl (C=O) groups is 1. The van der Waals surface area contributed by atoms with E-state index in [1.165, 1.54) is 5.56 Å². The number of nitrogens with one attached hydrogen (secondary N) is 1. The van der Waals surface area contributed by atoms with Crippen molar-refractivity contribution in [2.75, 3.05) is 0 Å². The number of H-pyrrole nitrogens is 1. The maximum absolute atomic E-state index is 13.0. The molecule has 0 aliphatic carbocycles. The Morgan fingerprint density at radius 3 is 2.38 bits per heavy atom. The van der Waals surface area contributed by atoms with Gasteiger partial charge in [0.1, 0.15) is 0 Å². The summed E-state index contributed by atoms with van der Waals surface area (Å²) >= 11 is 3.47. The van der Waals surface area contributed by atoms with E-state index in [9.17, 15) is 4.79 Å². The third-order valence-corrected chi connectivity index (χ3v) is 4.29. The number of aryl methyl sites for hydroxylation is 3. The Morgan fingerprint density at radius 1 is 1.05 bits per heavy atom. The molecule has 0 amide bonds. The van der Waals surface area contributed by atoms with Crippen molar-refractivity contribution in [2.45, 2.75) is 20.8 Å². The Hall–Kier alpha value is -1.87. The molecule has 1 N–H and O–H groups in total. The third-order valence-electron chi connectivity index (χ3n) is 3.79. The number of hydrogen-bond donors (Lipinski definition) is 1. The summed E-state index contributed by atoms with van der Waals surface area (Å²) in [6.45, 7) is 6.05. The van der Waals surface area contributed by atoms with Crippen LogP contribution in [-0.4, -0.2) is 10.8 Å². The molecular weight excluding hydrogens is 326 g/mol. The average Bonchev–Trinajstić information content (AvgIpc) is 2.80. The van der Waals surface area contributed by atoms with Gasteiger partial charge in [-0.25, -0.2) is 0 Å². The van der Waals surface area contributed by atoms with Crippen LogP contribution in [0.1, 0.15) is 32.6 Å². The lowest BCUT2D eigenvalue weighted by Gasteiger charge is -2.10. The molecule has 3 heteroatoms. The van der Waals surface area contributed by atoms with Gasteiger partial charge < -0.3 is 4.98 Å². The number of aromatic amines is 1. The Labute approximate surface area is 132 Å². The quantitative estimate of drug-likeness (QED) is 0.647. The lowest BCUT2D eigenvalue weighted by Crippen LogP contribution is -2.06. The van der Waals surface area contributed by atoms with E-state index in [1.54, 1.807) is 6.20 Å². The van der Waals surface area contributed by atoms with Crippen molar-refractivity contribution in [3.63, 3.8) is 0 Å². The number of benzene rings is 2. The van der Waals surface area contributed by atoms with Crippen LogP contribution in [0.25, 0.3) is 10.9 Å². The molecule has 0 aliphatic rings. The van der Waals surface area contributed by atoms with Crippen LogP contribution in [0.4, 0.5) is 0 Å². The molecule has 0 saturated carbocycles. The van der Waals surface area contributed by atoms with Gasteiger partial charge in [-0.2, -0.15) is 0 Å². The summed E-state index contributed by atoms with van der Waals surface area (Å²) in [5.74, 6) is 0.0781. The Balaban J connectivity index is 2.20. The Kier molecular flexibility index (Phi) is 3.46. The van der Waals surface area contributed by atoms with Gasteiger partial charge >= 0.3 is 0 Å². The highest BCUT2D eigenvalue weighted by Crippen LogP contribution is 2.27. The predicted octanol–water partition coefficient (Wildman–Crippen LogP) is 5.09. The van der Waals surface area contributed by atoms with Crippen molar-refractivity contribution in [2.24, 2.45) is 0 Å². The first-order valence-electron chi connectivity index (χ1n) is 6.86. The molecule has 0 fully saturated rings. The molecule has 3 rings (SSSR count). The van der Waals surface area contributed by atoms with Crippen LogP contribution in [0.5, 0.6) is 0 Å². The second kappa shape index (κ2) is 5.15. The average molecular weight is 342 g/mol. The van der Waals surface area contributed by atoms with Gasteiger partial charge in [-0.15, -0.1) is 0 Å². The smallest absolute Gasteiger partial charge is 0.195 e. The van der Waals surface area contributed by atoms with Crippen LogP contribution in [-0.2, 0) is 0 Å². The highest BCUT2D eigenvalue weighted by Gasteiger charge is 2.18. The first kappa shape index (κ1) is 14.1. The van der Waals surface area contributed by atoms with Crippen LogP contribution in [0.3, 0.4) is 0 Å². The predicted molar refractivity (Wildman–Crippen MR) is 90.1 cm³/mol.